The summed E-state index contributed by atoms with van der Waals surface area (Å²) in [7, 11) is 1.97. The number of aryl methyl sites for hydroxylation is 1. The fraction of sp³-hybridized carbons (Fsp3) is 0.733. The molecule has 2 aromatic heterocycles. The largest absolute Gasteiger partial charge is 0.408 e. The minimum absolute atomic E-state index is 0.0142. The molecule has 1 aliphatic heterocycles. The summed E-state index contributed by atoms with van der Waals surface area (Å²) in [5.74, 6) is 2.36. The van der Waals surface area contributed by atoms with E-state index in [0.29, 0.717) is 43.2 Å². The van der Waals surface area contributed by atoms with Crippen molar-refractivity contribution in [3.63, 3.8) is 0 Å². The minimum Gasteiger partial charge on any atom is -0.408 e. The van der Waals surface area contributed by atoms with Gasteiger partial charge in [-0.1, -0.05) is 10.3 Å². The summed E-state index contributed by atoms with van der Waals surface area (Å²) in [4.78, 5) is 8.36. The lowest BCUT2D eigenvalue weighted by molar-refractivity contribution is 0.276. The third-order valence-corrected chi connectivity index (χ3v) is 4.47. The predicted molar refractivity (Wildman–Crippen MR) is 82.3 cm³/mol. The zero-order valence-corrected chi connectivity index (χ0v) is 13.9. The molecule has 2 aliphatic rings. The predicted octanol–water partition coefficient (Wildman–Crippen LogP) is 1.69. The Hall–Kier alpha value is -2.03. The molecule has 8 nitrogen and oxygen atoms in total. The Kier molecular flexibility index (Phi) is 3.95. The molecule has 2 fully saturated rings. The number of anilines is 1. The number of hydrogen-bond donors (Lipinski definition) is 0. The molecule has 2 atom stereocenters. The lowest BCUT2D eigenvalue weighted by Crippen LogP contribution is -2.39. The van der Waals surface area contributed by atoms with Crippen molar-refractivity contribution in [2.75, 3.05) is 25.0 Å². The first-order chi connectivity index (χ1) is 11.6. The molecule has 0 N–H and O–H groups in total. The number of aromatic nitrogens is 4. The van der Waals surface area contributed by atoms with Crippen LogP contribution >= 0.6 is 0 Å². The molecule has 1 saturated carbocycles. The third kappa shape index (κ3) is 3.26. The van der Waals surface area contributed by atoms with Gasteiger partial charge in [-0.3, -0.25) is 4.90 Å². The first kappa shape index (κ1) is 15.5. The van der Waals surface area contributed by atoms with Gasteiger partial charge in [0.2, 0.25) is 11.8 Å². The SMILES string of the molecule is Cc1nnc(N2C[C@@H](F)C[C@H]2CN(C)Cc2noc(C3CC3)n2)o1. The van der Waals surface area contributed by atoms with Crippen LogP contribution in [0, 0.1) is 6.92 Å². The van der Waals surface area contributed by atoms with Crippen molar-refractivity contribution >= 4 is 6.01 Å². The maximum absolute atomic E-state index is 13.9. The van der Waals surface area contributed by atoms with Crippen molar-refractivity contribution in [3.05, 3.63) is 17.6 Å². The van der Waals surface area contributed by atoms with Crippen molar-refractivity contribution in [2.24, 2.45) is 0 Å². The molecule has 2 aromatic rings. The van der Waals surface area contributed by atoms with Crippen LogP contribution in [-0.2, 0) is 6.54 Å². The van der Waals surface area contributed by atoms with Crippen molar-refractivity contribution in [2.45, 2.75) is 50.9 Å². The smallest absolute Gasteiger partial charge is 0.318 e. The minimum atomic E-state index is -0.887. The van der Waals surface area contributed by atoms with Crippen LogP contribution < -0.4 is 4.90 Å². The van der Waals surface area contributed by atoms with Crippen LogP contribution in [0.1, 0.15) is 42.8 Å². The molecule has 0 radical (unpaired) electrons. The monoisotopic (exact) mass is 336 g/mol. The summed E-state index contributed by atoms with van der Waals surface area (Å²) >= 11 is 0. The van der Waals surface area contributed by atoms with E-state index < -0.39 is 6.17 Å². The van der Waals surface area contributed by atoms with Gasteiger partial charge in [-0.15, -0.1) is 5.10 Å². The van der Waals surface area contributed by atoms with Gasteiger partial charge in [-0.25, -0.2) is 4.39 Å². The van der Waals surface area contributed by atoms with Gasteiger partial charge in [0.1, 0.15) is 6.17 Å². The van der Waals surface area contributed by atoms with E-state index in [2.05, 4.69) is 25.2 Å². The molecule has 0 spiro atoms. The van der Waals surface area contributed by atoms with E-state index in [1.165, 1.54) is 0 Å². The van der Waals surface area contributed by atoms with Gasteiger partial charge >= 0.3 is 6.01 Å². The number of alkyl halides is 1. The number of rotatable bonds is 6. The number of hydrogen-bond acceptors (Lipinski definition) is 8. The topological polar surface area (TPSA) is 84.3 Å². The highest BCUT2D eigenvalue weighted by molar-refractivity contribution is 5.30. The zero-order chi connectivity index (χ0) is 16.7. The summed E-state index contributed by atoms with van der Waals surface area (Å²) in [6, 6.07) is 0.376. The van der Waals surface area contributed by atoms with Crippen LogP contribution in [0.3, 0.4) is 0 Å². The van der Waals surface area contributed by atoms with Crippen LogP contribution in [0.2, 0.25) is 0 Å². The standard InChI is InChI=1S/C15H21FN6O2/c1-9-18-19-15(23-9)22-6-11(16)5-12(22)7-21(2)8-13-17-14(24-20-13)10-3-4-10/h10-12H,3-8H2,1-2H3/t11-,12-/m0/s1. The van der Waals surface area contributed by atoms with Gasteiger partial charge in [-0.2, -0.15) is 4.98 Å². The van der Waals surface area contributed by atoms with E-state index in [9.17, 15) is 4.39 Å². The Labute approximate surface area is 139 Å². The van der Waals surface area contributed by atoms with E-state index in [0.717, 1.165) is 18.7 Å². The molecule has 0 bridgehead atoms. The van der Waals surface area contributed by atoms with Crippen LogP contribution in [0.15, 0.2) is 8.94 Å². The summed E-state index contributed by atoms with van der Waals surface area (Å²) in [6.45, 7) is 3.25. The number of nitrogens with zero attached hydrogens (tertiary/aromatic N) is 6. The second kappa shape index (κ2) is 6.12. The Bertz CT molecular complexity index is 700. The third-order valence-electron chi connectivity index (χ3n) is 4.47. The van der Waals surface area contributed by atoms with Gasteiger partial charge in [0.05, 0.1) is 13.1 Å². The molecule has 0 unspecified atom stereocenters. The lowest BCUT2D eigenvalue weighted by atomic mass is 10.2. The van der Waals surface area contributed by atoms with Gasteiger partial charge in [0.25, 0.3) is 0 Å². The van der Waals surface area contributed by atoms with Crippen molar-refractivity contribution in [3.8, 4) is 0 Å². The maximum Gasteiger partial charge on any atom is 0.318 e. The zero-order valence-electron chi connectivity index (χ0n) is 13.9. The van der Waals surface area contributed by atoms with E-state index in [-0.39, 0.29) is 12.6 Å². The average molecular weight is 336 g/mol. The fourth-order valence-electron chi connectivity index (χ4n) is 3.16. The van der Waals surface area contributed by atoms with E-state index >= 15 is 0 Å². The Morgan fingerprint density at radius 2 is 2.17 bits per heavy atom. The molecule has 9 heteroatoms. The summed E-state index contributed by atoms with van der Waals surface area (Å²) in [6.07, 6.45) is 1.83. The molecule has 0 amide bonds. The second-order valence-electron chi connectivity index (χ2n) is 6.76. The van der Waals surface area contributed by atoms with E-state index in [1.54, 1.807) is 6.92 Å². The molecule has 3 heterocycles. The van der Waals surface area contributed by atoms with Crippen LogP contribution in [-0.4, -0.2) is 57.6 Å². The first-order valence-corrected chi connectivity index (χ1v) is 8.30. The molecule has 130 valence electrons. The highest BCUT2D eigenvalue weighted by atomic mass is 19.1. The Morgan fingerprint density at radius 3 is 2.88 bits per heavy atom. The van der Waals surface area contributed by atoms with Crippen LogP contribution in [0.5, 0.6) is 0 Å². The number of likely N-dealkylation sites (N-methyl/N-ethyl adjacent to an activating group) is 1. The van der Waals surface area contributed by atoms with Crippen molar-refractivity contribution < 1.29 is 13.3 Å². The van der Waals surface area contributed by atoms with Crippen molar-refractivity contribution in [1.29, 1.82) is 0 Å². The molecule has 24 heavy (non-hydrogen) atoms. The van der Waals surface area contributed by atoms with Gasteiger partial charge < -0.3 is 13.8 Å². The van der Waals surface area contributed by atoms with E-state index in [4.69, 9.17) is 8.94 Å². The Morgan fingerprint density at radius 1 is 1.33 bits per heavy atom. The second-order valence-corrected chi connectivity index (χ2v) is 6.76. The first-order valence-electron chi connectivity index (χ1n) is 8.30. The van der Waals surface area contributed by atoms with E-state index in [1.807, 2.05) is 11.9 Å². The molecule has 4 rings (SSSR count). The molecule has 1 aliphatic carbocycles. The lowest BCUT2D eigenvalue weighted by Gasteiger charge is -2.26. The molecule has 1 saturated heterocycles. The molecular weight excluding hydrogens is 315 g/mol. The Balaban J connectivity index is 1.38. The molecular formula is C15H21FN6O2. The van der Waals surface area contributed by atoms with Gasteiger partial charge in [0.15, 0.2) is 5.82 Å². The molecule has 0 aromatic carbocycles. The maximum atomic E-state index is 13.9. The normalized spacial score (nSPS) is 24.2. The van der Waals surface area contributed by atoms with Gasteiger partial charge in [0, 0.05) is 31.8 Å². The summed E-state index contributed by atoms with van der Waals surface area (Å²) in [5, 5.41) is 11.9. The summed E-state index contributed by atoms with van der Waals surface area (Å²) in [5.41, 5.74) is 0. The van der Waals surface area contributed by atoms with Crippen LogP contribution in [0.4, 0.5) is 10.4 Å². The summed E-state index contributed by atoms with van der Waals surface area (Å²) < 4.78 is 24.6. The fourth-order valence-corrected chi connectivity index (χ4v) is 3.16. The van der Waals surface area contributed by atoms with Gasteiger partial charge in [-0.05, 0) is 19.9 Å². The quantitative estimate of drug-likeness (QED) is 0.788. The highest BCUT2D eigenvalue weighted by Crippen LogP contribution is 2.38. The van der Waals surface area contributed by atoms with Crippen LogP contribution in [0.25, 0.3) is 0 Å². The highest BCUT2D eigenvalue weighted by Gasteiger charge is 2.36. The average Bonchev–Trinajstić information content (AvgIpc) is 2.94. The number of halogens is 1. The van der Waals surface area contributed by atoms with Crippen molar-refractivity contribution in [1.82, 2.24) is 25.2 Å².